The monoisotopic (exact) mass is 395 g/mol. The van der Waals surface area contributed by atoms with Crippen LogP contribution in [0.1, 0.15) is 12.6 Å². The number of pyridine rings is 1. The van der Waals surface area contributed by atoms with E-state index in [-0.39, 0.29) is 30.4 Å². The minimum Gasteiger partial charge on any atom is -0.332 e. The molecule has 138 valence electrons. The summed E-state index contributed by atoms with van der Waals surface area (Å²) in [5.74, 6) is 0.266. The van der Waals surface area contributed by atoms with Crippen molar-refractivity contribution < 1.29 is 9.59 Å². The molecule has 26 heavy (non-hydrogen) atoms. The fraction of sp³-hybridized carbons (Fsp3) is 0.235. The third kappa shape index (κ3) is 4.07. The second-order valence-corrected chi connectivity index (χ2v) is 6.07. The molecule has 0 radical (unpaired) electrons. The van der Waals surface area contributed by atoms with Crippen LogP contribution in [0.15, 0.2) is 36.4 Å². The molecule has 1 aromatic heterocycles. The zero-order valence-corrected chi connectivity index (χ0v) is 15.8. The van der Waals surface area contributed by atoms with Gasteiger partial charge < -0.3 is 16.0 Å². The van der Waals surface area contributed by atoms with Gasteiger partial charge in [0.05, 0.1) is 29.7 Å². The van der Waals surface area contributed by atoms with Crippen molar-refractivity contribution in [2.24, 2.45) is 0 Å². The van der Waals surface area contributed by atoms with Gasteiger partial charge in [-0.25, -0.2) is 9.78 Å². The summed E-state index contributed by atoms with van der Waals surface area (Å²) in [7, 11) is 1.71. The number of benzene rings is 1. The van der Waals surface area contributed by atoms with E-state index in [0.717, 1.165) is 0 Å². The van der Waals surface area contributed by atoms with Crippen LogP contribution in [-0.2, 0) is 11.3 Å². The van der Waals surface area contributed by atoms with Crippen molar-refractivity contribution >= 4 is 53.1 Å². The minimum absolute atomic E-state index is 0. The number of aromatic nitrogens is 1. The third-order valence-corrected chi connectivity index (χ3v) is 4.22. The Bertz CT molecular complexity index is 813. The van der Waals surface area contributed by atoms with Crippen LogP contribution in [-0.4, -0.2) is 30.0 Å². The summed E-state index contributed by atoms with van der Waals surface area (Å²) < 4.78 is 0. The number of hydrogen-bond donors (Lipinski definition) is 3. The standard InChI is InChI=1S/C17H18ClN5O2.ClH/c1-10(19-2)16(24)22-15-8-7-14-13(21-15)9-20-17(25)23(14)12-5-3-11(18)4-6-12;/h3-8,10,19H,9H2,1-2H3,(H,20,25)(H,21,22,24);1H/t10-;/m0./s1. The molecule has 0 spiro atoms. The lowest BCUT2D eigenvalue weighted by Crippen LogP contribution is -2.41. The lowest BCUT2D eigenvalue weighted by molar-refractivity contribution is -0.117. The minimum atomic E-state index is -0.330. The predicted octanol–water partition coefficient (Wildman–Crippen LogP) is 3.06. The fourth-order valence-corrected chi connectivity index (χ4v) is 2.58. The molecule has 1 aliphatic heterocycles. The van der Waals surface area contributed by atoms with Crippen molar-refractivity contribution in [1.29, 1.82) is 0 Å². The highest BCUT2D eigenvalue weighted by molar-refractivity contribution is 6.30. The molecule has 1 aromatic carbocycles. The Morgan fingerprint density at radius 1 is 1.27 bits per heavy atom. The Hall–Kier alpha value is -2.35. The number of carbonyl (C=O) groups excluding carboxylic acids is 2. The number of amides is 3. The SMILES string of the molecule is CN[C@@H](C)C(=O)Nc1ccc2c(n1)CNC(=O)N2c1ccc(Cl)cc1.Cl. The van der Waals surface area contributed by atoms with Gasteiger partial charge in [-0.1, -0.05) is 11.6 Å². The topological polar surface area (TPSA) is 86.4 Å². The second-order valence-electron chi connectivity index (χ2n) is 5.63. The van der Waals surface area contributed by atoms with Crippen molar-refractivity contribution in [3.63, 3.8) is 0 Å². The summed E-state index contributed by atoms with van der Waals surface area (Å²) in [5.41, 5.74) is 2.03. The molecule has 3 rings (SSSR count). The average molecular weight is 396 g/mol. The maximum atomic E-state index is 12.3. The number of nitrogens with zero attached hydrogens (tertiary/aromatic N) is 2. The quantitative estimate of drug-likeness (QED) is 0.742. The molecular weight excluding hydrogens is 377 g/mol. The van der Waals surface area contributed by atoms with E-state index in [1.54, 1.807) is 50.4 Å². The van der Waals surface area contributed by atoms with E-state index in [1.807, 2.05) is 0 Å². The normalized spacial score (nSPS) is 14.0. The van der Waals surface area contributed by atoms with Gasteiger partial charge in [0.15, 0.2) is 0 Å². The van der Waals surface area contributed by atoms with E-state index in [2.05, 4.69) is 20.9 Å². The van der Waals surface area contributed by atoms with Crippen molar-refractivity contribution in [2.75, 3.05) is 17.3 Å². The number of nitrogens with one attached hydrogen (secondary N) is 3. The van der Waals surface area contributed by atoms with Gasteiger partial charge in [0.1, 0.15) is 5.82 Å². The van der Waals surface area contributed by atoms with Gasteiger partial charge in [0, 0.05) is 5.02 Å². The Morgan fingerprint density at radius 2 is 1.96 bits per heavy atom. The number of urea groups is 1. The lowest BCUT2D eigenvalue weighted by atomic mass is 10.2. The number of rotatable bonds is 4. The van der Waals surface area contributed by atoms with Crippen LogP contribution in [0.25, 0.3) is 0 Å². The van der Waals surface area contributed by atoms with Crippen molar-refractivity contribution in [2.45, 2.75) is 19.5 Å². The molecule has 3 amide bonds. The van der Waals surface area contributed by atoms with E-state index in [4.69, 9.17) is 11.6 Å². The Balaban J connectivity index is 0.00000243. The number of carbonyl (C=O) groups is 2. The van der Waals surface area contributed by atoms with Crippen LogP contribution >= 0.6 is 24.0 Å². The highest BCUT2D eigenvalue weighted by atomic mass is 35.5. The first-order valence-corrected chi connectivity index (χ1v) is 8.19. The molecule has 0 saturated carbocycles. The molecule has 9 heteroatoms. The third-order valence-electron chi connectivity index (χ3n) is 3.96. The maximum Gasteiger partial charge on any atom is 0.326 e. The summed E-state index contributed by atoms with van der Waals surface area (Å²) in [6, 6.07) is 9.86. The summed E-state index contributed by atoms with van der Waals surface area (Å²) in [5, 5.41) is 9.00. The number of likely N-dealkylation sites (N-methyl/N-ethyl adjacent to an activating group) is 1. The largest absolute Gasteiger partial charge is 0.332 e. The molecule has 1 aliphatic rings. The number of halogens is 2. The van der Waals surface area contributed by atoms with E-state index < -0.39 is 0 Å². The first kappa shape index (κ1) is 20.0. The average Bonchev–Trinajstić information content (AvgIpc) is 2.62. The smallest absolute Gasteiger partial charge is 0.326 e. The summed E-state index contributed by atoms with van der Waals surface area (Å²) in [6.45, 7) is 2.06. The van der Waals surface area contributed by atoms with Gasteiger partial charge >= 0.3 is 6.03 Å². The predicted molar refractivity (Wildman–Crippen MR) is 104 cm³/mol. The van der Waals surface area contributed by atoms with Crippen LogP contribution < -0.4 is 20.9 Å². The second kappa shape index (κ2) is 8.35. The molecule has 0 saturated heterocycles. The van der Waals surface area contributed by atoms with E-state index >= 15 is 0 Å². The van der Waals surface area contributed by atoms with Crippen LogP contribution in [0.2, 0.25) is 5.02 Å². The Kier molecular flexibility index (Phi) is 6.42. The number of hydrogen-bond acceptors (Lipinski definition) is 4. The first-order chi connectivity index (χ1) is 12.0. The molecule has 0 aliphatic carbocycles. The lowest BCUT2D eigenvalue weighted by Gasteiger charge is -2.29. The van der Waals surface area contributed by atoms with Gasteiger partial charge in [-0.15, -0.1) is 12.4 Å². The zero-order chi connectivity index (χ0) is 18.0. The van der Waals surface area contributed by atoms with Crippen molar-refractivity contribution in [3.8, 4) is 0 Å². The van der Waals surface area contributed by atoms with E-state index in [1.165, 1.54) is 4.90 Å². The highest BCUT2D eigenvalue weighted by Crippen LogP contribution is 2.32. The van der Waals surface area contributed by atoms with Gasteiger partial charge in [0.2, 0.25) is 5.91 Å². The van der Waals surface area contributed by atoms with E-state index in [9.17, 15) is 9.59 Å². The molecule has 0 unspecified atom stereocenters. The van der Waals surface area contributed by atoms with Gasteiger partial charge in [-0.2, -0.15) is 0 Å². The van der Waals surface area contributed by atoms with Crippen LogP contribution in [0, 0.1) is 0 Å². The summed E-state index contributed by atoms with van der Waals surface area (Å²) in [4.78, 5) is 30.3. The van der Waals surface area contributed by atoms with E-state index in [0.29, 0.717) is 34.5 Å². The molecule has 2 heterocycles. The molecule has 7 nitrogen and oxygen atoms in total. The maximum absolute atomic E-state index is 12.3. The van der Waals surface area contributed by atoms with Crippen LogP contribution in [0.5, 0.6) is 0 Å². The zero-order valence-electron chi connectivity index (χ0n) is 14.2. The molecular formula is C17H19Cl2N5O2. The summed E-state index contributed by atoms with van der Waals surface area (Å²) in [6.07, 6.45) is 0. The Morgan fingerprint density at radius 3 is 2.62 bits per heavy atom. The van der Waals surface area contributed by atoms with Crippen molar-refractivity contribution in [1.82, 2.24) is 15.6 Å². The fourth-order valence-electron chi connectivity index (χ4n) is 2.46. The summed E-state index contributed by atoms with van der Waals surface area (Å²) >= 11 is 5.92. The molecule has 2 aromatic rings. The molecule has 3 N–H and O–H groups in total. The molecule has 0 fully saturated rings. The highest BCUT2D eigenvalue weighted by Gasteiger charge is 2.26. The first-order valence-electron chi connectivity index (χ1n) is 7.81. The van der Waals surface area contributed by atoms with Gasteiger partial charge in [-0.05, 0) is 50.4 Å². The number of anilines is 3. The Labute approximate surface area is 162 Å². The van der Waals surface area contributed by atoms with Crippen LogP contribution in [0.4, 0.5) is 22.0 Å². The van der Waals surface area contributed by atoms with Gasteiger partial charge in [-0.3, -0.25) is 9.69 Å². The van der Waals surface area contributed by atoms with Gasteiger partial charge in [0.25, 0.3) is 0 Å². The molecule has 0 bridgehead atoms. The molecule has 1 atom stereocenters. The van der Waals surface area contributed by atoms with Crippen LogP contribution in [0.3, 0.4) is 0 Å². The number of fused-ring (bicyclic) bond motifs is 1. The van der Waals surface area contributed by atoms with Crippen molar-refractivity contribution in [3.05, 3.63) is 47.1 Å².